The van der Waals surface area contributed by atoms with Crippen LogP contribution in [0.25, 0.3) is 0 Å². The van der Waals surface area contributed by atoms with Crippen molar-refractivity contribution in [3.8, 4) is 0 Å². The van der Waals surface area contributed by atoms with Crippen molar-refractivity contribution in [2.24, 2.45) is 17.8 Å². The van der Waals surface area contributed by atoms with Crippen LogP contribution in [0.1, 0.15) is 32.6 Å². The molecule has 3 rings (SSSR count). The maximum absolute atomic E-state index is 12.4. The minimum Gasteiger partial charge on any atom is -0.458 e. The van der Waals surface area contributed by atoms with Gasteiger partial charge in [0.05, 0.1) is 0 Å². The maximum atomic E-state index is 12.4. The first kappa shape index (κ1) is 18.3. The van der Waals surface area contributed by atoms with E-state index in [-0.39, 0.29) is 24.0 Å². The number of carbonyl (C=O) groups excluding carboxylic acids is 1. The van der Waals surface area contributed by atoms with E-state index in [1.165, 1.54) is 6.92 Å². The van der Waals surface area contributed by atoms with Crippen LogP contribution < -0.4 is 4.72 Å². The molecule has 9 heteroatoms. The molecule has 0 spiro atoms. The van der Waals surface area contributed by atoms with Crippen molar-refractivity contribution in [3.05, 3.63) is 12.2 Å². The van der Waals surface area contributed by atoms with Crippen LogP contribution in [0.4, 0.5) is 13.2 Å². The lowest BCUT2D eigenvalue weighted by Gasteiger charge is -2.47. The zero-order valence-electron chi connectivity index (χ0n) is 12.7. The van der Waals surface area contributed by atoms with Gasteiger partial charge in [0.2, 0.25) is 0 Å². The third-order valence-electron chi connectivity index (χ3n) is 4.71. The number of ether oxygens (including phenoxy) is 1. The molecule has 0 aromatic heterocycles. The van der Waals surface area contributed by atoms with Gasteiger partial charge >= 0.3 is 21.5 Å². The van der Waals surface area contributed by atoms with E-state index in [9.17, 15) is 26.4 Å². The van der Waals surface area contributed by atoms with E-state index < -0.39 is 33.5 Å². The molecule has 3 saturated carbocycles. The molecule has 0 aromatic carbocycles. The zero-order valence-corrected chi connectivity index (χ0v) is 13.5. The number of hydrogen-bond donors (Lipinski definition) is 1. The van der Waals surface area contributed by atoms with Crippen LogP contribution >= 0.6 is 0 Å². The van der Waals surface area contributed by atoms with Crippen molar-refractivity contribution in [2.45, 2.75) is 44.2 Å². The van der Waals surface area contributed by atoms with Crippen molar-refractivity contribution < 1.29 is 31.1 Å². The average Bonchev–Trinajstić information content (AvgIpc) is 2.45. The highest BCUT2D eigenvalue weighted by Crippen LogP contribution is 2.46. The molecule has 5 nitrogen and oxygen atoms in total. The summed E-state index contributed by atoms with van der Waals surface area (Å²) in [6.45, 7) is 4.60. The summed E-state index contributed by atoms with van der Waals surface area (Å²) >= 11 is 0. The molecule has 2 unspecified atom stereocenters. The van der Waals surface area contributed by atoms with Crippen molar-refractivity contribution in [1.29, 1.82) is 0 Å². The van der Waals surface area contributed by atoms with Crippen molar-refractivity contribution >= 4 is 16.0 Å². The summed E-state index contributed by atoms with van der Waals surface area (Å²) in [6, 6.07) is 0. The van der Waals surface area contributed by atoms with Gasteiger partial charge in [-0.25, -0.2) is 17.9 Å². The van der Waals surface area contributed by atoms with E-state index in [1.807, 2.05) is 0 Å². The topological polar surface area (TPSA) is 72.5 Å². The molecule has 132 valence electrons. The maximum Gasteiger partial charge on any atom is 0.511 e. The lowest BCUT2D eigenvalue weighted by Crippen LogP contribution is -2.51. The van der Waals surface area contributed by atoms with Crippen LogP contribution in [-0.4, -0.2) is 32.5 Å². The van der Waals surface area contributed by atoms with Gasteiger partial charge in [0.15, 0.2) is 0 Å². The Bertz CT molecular complexity index is 579. The molecular weight excluding hydrogens is 335 g/mol. The number of fused-ring (bicyclic) bond motifs is 3. The Morgan fingerprint density at radius 3 is 2.22 bits per heavy atom. The number of nitrogens with one attached hydrogen (secondary N) is 1. The summed E-state index contributed by atoms with van der Waals surface area (Å²) in [4.78, 5) is 11.8. The number of esters is 1. The summed E-state index contributed by atoms with van der Waals surface area (Å²) < 4.78 is 66.7. The van der Waals surface area contributed by atoms with Crippen molar-refractivity contribution in [1.82, 2.24) is 4.72 Å². The predicted octanol–water partition coefficient (Wildman–Crippen LogP) is 2.35. The monoisotopic (exact) mass is 355 g/mol. The van der Waals surface area contributed by atoms with Crippen LogP contribution in [0.3, 0.4) is 0 Å². The van der Waals surface area contributed by atoms with E-state index in [4.69, 9.17) is 4.74 Å². The molecule has 3 aliphatic carbocycles. The highest BCUT2D eigenvalue weighted by molar-refractivity contribution is 7.90. The fourth-order valence-corrected chi connectivity index (χ4v) is 4.07. The predicted molar refractivity (Wildman–Crippen MR) is 76.6 cm³/mol. The third-order valence-corrected chi connectivity index (χ3v) is 5.87. The second kappa shape index (κ2) is 6.43. The van der Waals surface area contributed by atoms with Crippen LogP contribution in [0.2, 0.25) is 0 Å². The zero-order chi connectivity index (χ0) is 17.4. The number of sulfonamides is 1. The van der Waals surface area contributed by atoms with Gasteiger partial charge < -0.3 is 4.74 Å². The smallest absolute Gasteiger partial charge is 0.458 e. The summed E-state index contributed by atoms with van der Waals surface area (Å²) in [7, 11) is -5.39. The average molecular weight is 355 g/mol. The highest BCUT2D eigenvalue weighted by Gasteiger charge is 2.49. The molecule has 0 aliphatic heterocycles. The first-order chi connectivity index (χ1) is 10.5. The van der Waals surface area contributed by atoms with Crippen LogP contribution in [0.5, 0.6) is 0 Å². The lowest BCUT2D eigenvalue weighted by atomic mass is 9.63. The Balaban J connectivity index is 2.10. The Hall–Kier alpha value is -1.09. The third kappa shape index (κ3) is 3.88. The highest BCUT2D eigenvalue weighted by atomic mass is 32.2. The number of hydrogen-bond acceptors (Lipinski definition) is 4. The molecule has 0 aromatic rings. The van der Waals surface area contributed by atoms with Crippen LogP contribution in [0, 0.1) is 17.8 Å². The molecule has 3 fully saturated rings. The van der Waals surface area contributed by atoms with E-state index in [2.05, 4.69) is 6.58 Å². The molecule has 23 heavy (non-hydrogen) atoms. The second-order valence-electron chi connectivity index (χ2n) is 6.29. The van der Waals surface area contributed by atoms with Gasteiger partial charge in [-0.15, -0.1) is 0 Å². The molecular formula is C14H20F3NO4S. The largest absolute Gasteiger partial charge is 0.511 e. The van der Waals surface area contributed by atoms with E-state index in [1.54, 1.807) is 4.72 Å². The molecule has 0 saturated heterocycles. The normalized spacial score (nSPS) is 31.0. The first-order valence-electron chi connectivity index (χ1n) is 7.45. The Kier molecular flexibility index (Phi) is 5.10. The molecule has 2 bridgehead atoms. The van der Waals surface area contributed by atoms with Crippen LogP contribution in [0.15, 0.2) is 12.2 Å². The number of rotatable bonds is 5. The summed E-state index contributed by atoms with van der Waals surface area (Å²) in [5, 5.41) is 0. The van der Waals surface area contributed by atoms with Gasteiger partial charge in [-0.1, -0.05) is 6.58 Å². The summed E-state index contributed by atoms with van der Waals surface area (Å²) in [6.07, 6.45) is 2.72. The number of halogens is 3. The SMILES string of the molecule is C=C(C)C(=O)OC1C2CCC(CC2)C1CNS(=O)(=O)C(F)(F)F. The van der Waals surface area contributed by atoms with Gasteiger partial charge in [-0.2, -0.15) is 13.2 Å². The number of alkyl halides is 3. The van der Waals surface area contributed by atoms with Gasteiger partial charge in [0.1, 0.15) is 6.10 Å². The van der Waals surface area contributed by atoms with Gasteiger partial charge in [0, 0.05) is 18.0 Å². The molecule has 0 heterocycles. The molecule has 3 aliphatic rings. The Labute approximate surface area is 133 Å². The van der Waals surface area contributed by atoms with E-state index >= 15 is 0 Å². The van der Waals surface area contributed by atoms with E-state index in [0.717, 1.165) is 25.7 Å². The van der Waals surface area contributed by atoms with Gasteiger partial charge in [0.25, 0.3) is 0 Å². The van der Waals surface area contributed by atoms with Gasteiger partial charge in [-0.05, 0) is 44.4 Å². The Morgan fingerprint density at radius 1 is 1.22 bits per heavy atom. The Morgan fingerprint density at radius 2 is 1.74 bits per heavy atom. The van der Waals surface area contributed by atoms with E-state index in [0.29, 0.717) is 0 Å². The molecule has 0 radical (unpaired) electrons. The van der Waals surface area contributed by atoms with Crippen molar-refractivity contribution in [2.75, 3.05) is 6.54 Å². The lowest BCUT2D eigenvalue weighted by molar-refractivity contribution is -0.159. The quantitative estimate of drug-likeness (QED) is 0.607. The fourth-order valence-electron chi connectivity index (χ4n) is 3.50. The van der Waals surface area contributed by atoms with Crippen LogP contribution in [-0.2, 0) is 19.6 Å². The molecule has 0 amide bonds. The number of carbonyl (C=O) groups is 1. The minimum atomic E-state index is -5.39. The molecule has 1 N–H and O–H groups in total. The summed E-state index contributed by atoms with van der Waals surface area (Å²) in [5.74, 6) is -0.920. The minimum absolute atomic E-state index is 0.0545. The molecule has 2 atom stereocenters. The first-order valence-corrected chi connectivity index (χ1v) is 8.93. The second-order valence-corrected chi connectivity index (χ2v) is 8.05. The van der Waals surface area contributed by atoms with Gasteiger partial charge in [-0.3, -0.25) is 0 Å². The summed E-state index contributed by atoms with van der Waals surface area (Å²) in [5.41, 5.74) is -5.13. The van der Waals surface area contributed by atoms with Crippen molar-refractivity contribution in [3.63, 3.8) is 0 Å². The standard InChI is InChI=1S/C14H20F3NO4S/c1-8(2)13(19)22-12-10-5-3-9(4-6-10)11(12)7-18-23(20,21)14(15,16)17/h9-12,18H,1,3-7H2,2H3. The fraction of sp³-hybridized carbons (Fsp3) is 0.786.